The van der Waals surface area contributed by atoms with Crippen LogP contribution in [0, 0.1) is 0 Å². The normalized spacial score (nSPS) is 14.6. The first-order valence-electron chi connectivity index (χ1n) is 4.47. The first-order valence-corrected chi connectivity index (χ1v) is 4.47. The highest BCUT2D eigenvalue weighted by Gasteiger charge is 2.25. The summed E-state index contributed by atoms with van der Waals surface area (Å²) in [5, 5.41) is 10.6. The van der Waals surface area contributed by atoms with Crippen molar-refractivity contribution in [1.29, 1.82) is 0 Å². The van der Waals surface area contributed by atoms with E-state index >= 15 is 0 Å². The fraction of sp³-hybridized carbons (Fsp3) is 0. The second-order valence-electron chi connectivity index (χ2n) is 3.18. The molecule has 0 aromatic heterocycles. The lowest BCUT2D eigenvalue weighted by atomic mass is 10.2. The maximum atomic E-state index is 11.3. The molecule has 1 radical (unpaired) electrons. The van der Waals surface area contributed by atoms with E-state index in [1.165, 1.54) is 24.3 Å². The molecule has 0 fully saturated rings. The Morgan fingerprint density at radius 2 is 1.69 bits per heavy atom. The van der Waals surface area contributed by atoms with E-state index in [9.17, 15) is 19.5 Å². The number of nitrogens with zero attached hydrogens (tertiary/aromatic N) is 1. The van der Waals surface area contributed by atoms with Crippen LogP contribution in [0.2, 0.25) is 0 Å². The van der Waals surface area contributed by atoms with Crippen molar-refractivity contribution in [2.45, 2.75) is 0 Å². The van der Waals surface area contributed by atoms with Gasteiger partial charge in [-0.1, -0.05) is 6.07 Å². The lowest BCUT2D eigenvalue weighted by Gasteiger charge is -2.13. The quantitative estimate of drug-likeness (QED) is 0.682. The van der Waals surface area contributed by atoms with Crippen molar-refractivity contribution >= 4 is 23.5 Å². The molecule has 0 saturated carbocycles. The van der Waals surface area contributed by atoms with Crippen LogP contribution < -0.4 is 4.90 Å². The van der Waals surface area contributed by atoms with Gasteiger partial charge in [0.1, 0.15) is 0 Å². The lowest BCUT2D eigenvalue weighted by Crippen LogP contribution is -2.29. The molecule has 0 spiro atoms. The number of benzene rings is 1. The second-order valence-corrected chi connectivity index (χ2v) is 3.18. The molecule has 0 unspecified atom stereocenters. The van der Waals surface area contributed by atoms with Gasteiger partial charge in [0.2, 0.25) is 0 Å². The number of amides is 2. The molecule has 0 N–H and O–H groups in total. The SMILES string of the molecule is [O]C(=O)c1cccc(N2C(=O)C=CC2=O)c1. The third-order valence-corrected chi connectivity index (χ3v) is 2.15. The molecule has 79 valence electrons. The Morgan fingerprint density at radius 1 is 1.06 bits per heavy atom. The molecular formula is C11H6NO4. The van der Waals surface area contributed by atoms with E-state index in [0.717, 1.165) is 17.1 Å². The summed E-state index contributed by atoms with van der Waals surface area (Å²) in [6.45, 7) is 0. The Kier molecular flexibility index (Phi) is 2.28. The van der Waals surface area contributed by atoms with E-state index in [1.807, 2.05) is 0 Å². The minimum atomic E-state index is -1.35. The number of anilines is 1. The topological polar surface area (TPSA) is 74.3 Å². The molecule has 1 heterocycles. The Bertz CT molecular complexity index is 500. The van der Waals surface area contributed by atoms with Crippen LogP contribution in [0.1, 0.15) is 10.4 Å². The maximum Gasteiger partial charge on any atom is 0.386 e. The lowest BCUT2D eigenvalue weighted by molar-refractivity contribution is -0.119. The summed E-state index contributed by atoms with van der Waals surface area (Å²) in [5.74, 6) is -2.32. The first kappa shape index (κ1) is 10.1. The molecule has 5 heteroatoms. The van der Waals surface area contributed by atoms with E-state index in [4.69, 9.17) is 0 Å². The van der Waals surface area contributed by atoms with Crippen molar-refractivity contribution in [2.75, 3.05) is 4.90 Å². The van der Waals surface area contributed by atoms with Crippen LogP contribution in [-0.2, 0) is 14.7 Å². The third kappa shape index (κ3) is 1.58. The van der Waals surface area contributed by atoms with Crippen molar-refractivity contribution in [1.82, 2.24) is 0 Å². The van der Waals surface area contributed by atoms with Gasteiger partial charge in [0.15, 0.2) is 0 Å². The molecule has 0 atom stereocenters. The summed E-state index contributed by atoms with van der Waals surface area (Å²) in [4.78, 5) is 34.2. The van der Waals surface area contributed by atoms with Crippen molar-refractivity contribution in [2.24, 2.45) is 0 Å². The van der Waals surface area contributed by atoms with Crippen molar-refractivity contribution in [3.05, 3.63) is 42.0 Å². The molecule has 2 amide bonds. The smallest absolute Gasteiger partial charge is 0.269 e. The summed E-state index contributed by atoms with van der Waals surface area (Å²) < 4.78 is 0. The summed E-state index contributed by atoms with van der Waals surface area (Å²) in [6, 6.07) is 5.48. The Hall–Kier alpha value is -2.43. The molecule has 0 aliphatic carbocycles. The molecule has 5 nitrogen and oxygen atoms in total. The van der Waals surface area contributed by atoms with Gasteiger partial charge >= 0.3 is 5.97 Å². The van der Waals surface area contributed by atoms with Crippen molar-refractivity contribution in [3.8, 4) is 0 Å². The molecule has 1 aromatic carbocycles. The number of rotatable bonds is 2. The molecule has 2 rings (SSSR count). The van der Waals surface area contributed by atoms with Crippen LogP contribution in [0.25, 0.3) is 0 Å². The summed E-state index contributed by atoms with van der Waals surface area (Å²) in [5.41, 5.74) is 0.145. The largest absolute Gasteiger partial charge is 0.386 e. The fourth-order valence-electron chi connectivity index (χ4n) is 1.43. The van der Waals surface area contributed by atoms with Gasteiger partial charge < -0.3 is 0 Å². The summed E-state index contributed by atoms with van der Waals surface area (Å²) in [6.07, 6.45) is 2.27. The molecule has 1 aliphatic rings. The highest BCUT2D eigenvalue weighted by atomic mass is 16.4. The van der Waals surface area contributed by atoms with Gasteiger partial charge in [-0.15, -0.1) is 0 Å². The van der Waals surface area contributed by atoms with Gasteiger partial charge in [0.25, 0.3) is 11.8 Å². The summed E-state index contributed by atoms with van der Waals surface area (Å²) in [7, 11) is 0. The van der Waals surface area contributed by atoms with E-state index in [-0.39, 0.29) is 11.3 Å². The number of hydrogen-bond donors (Lipinski definition) is 0. The highest BCUT2D eigenvalue weighted by molar-refractivity contribution is 6.28. The second kappa shape index (κ2) is 3.62. The van der Waals surface area contributed by atoms with Gasteiger partial charge in [0, 0.05) is 12.2 Å². The van der Waals surface area contributed by atoms with Gasteiger partial charge in [0.05, 0.1) is 11.3 Å². The standard InChI is InChI=1S/C11H6NO4/c13-9-4-5-10(14)12(9)8-3-1-2-7(6-8)11(15)16/h1-6H. The van der Waals surface area contributed by atoms with Crippen LogP contribution in [0.4, 0.5) is 5.69 Å². The Balaban J connectivity index is 2.41. The number of imide groups is 1. The van der Waals surface area contributed by atoms with Crippen LogP contribution in [0.15, 0.2) is 36.4 Å². The zero-order valence-electron chi connectivity index (χ0n) is 8.04. The Labute approximate surface area is 90.6 Å². The van der Waals surface area contributed by atoms with E-state index < -0.39 is 17.8 Å². The summed E-state index contributed by atoms with van der Waals surface area (Å²) >= 11 is 0. The predicted molar refractivity (Wildman–Crippen MR) is 53.1 cm³/mol. The number of carbonyl (C=O) groups excluding carboxylic acids is 3. The van der Waals surface area contributed by atoms with Crippen molar-refractivity contribution in [3.63, 3.8) is 0 Å². The molecule has 1 aliphatic heterocycles. The van der Waals surface area contributed by atoms with E-state index in [1.54, 1.807) is 0 Å². The fourth-order valence-corrected chi connectivity index (χ4v) is 1.43. The number of carbonyl (C=O) groups is 3. The Morgan fingerprint density at radius 3 is 2.25 bits per heavy atom. The highest BCUT2D eigenvalue weighted by Crippen LogP contribution is 2.20. The van der Waals surface area contributed by atoms with Gasteiger partial charge in [-0.3, -0.25) is 9.59 Å². The average Bonchev–Trinajstić information content (AvgIpc) is 2.59. The van der Waals surface area contributed by atoms with E-state index in [0.29, 0.717) is 0 Å². The van der Waals surface area contributed by atoms with Crippen LogP contribution >= 0.6 is 0 Å². The van der Waals surface area contributed by atoms with Crippen molar-refractivity contribution < 1.29 is 19.5 Å². The van der Waals surface area contributed by atoms with Crippen LogP contribution in [0.3, 0.4) is 0 Å². The van der Waals surface area contributed by atoms with Crippen LogP contribution in [-0.4, -0.2) is 17.8 Å². The maximum absolute atomic E-state index is 11.3. The van der Waals surface area contributed by atoms with Gasteiger partial charge in [-0.25, -0.2) is 14.8 Å². The first-order chi connectivity index (χ1) is 7.59. The van der Waals surface area contributed by atoms with Crippen LogP contribution in [0.5, 0.6) is 0 Å². The zero-order valence-corrected chi connectivity index (χ0v) is 8.04. The third-order valence-electron chi connectivity index (χ3n) is 2.15. The van der Waals surface area contributed by atoms with E-state index in [2.05, 4.69) is 0 Å². The minimum Gasteiger partial charge on any atom is -0.269 e. The number of hydrogen-bond acceptors (Lipinski definition) is 3. The molecule has 0 saturated heterocycles. The monoisotopic (exact) mass is 216 g/mol. The van der Waals surface area contributed by atoms with Gasteiger partial charge in [-0.05, 0) is 18.2 Å². The molecule has 16 heavy (non-hydrogen) atoms. The molecule has 1 aromatic rings. The average molecular weight is 216 g/mol. The molecular weight excluding hydrogens is 210 g/mol. The minimum absolute atomic E-state index is 0.0787. The predicted octanol–water partition coefficient (Wildman–Crippen LogP) is 0.687. The molecule has 0 bridgehead atoms. The van der Waals surface area contributed by atoms with Gasteiger partial charge in [-0.2, -0.15) is 0 Å². The zero-order chi connectivity index (χ0) is 11.7.